The van der Waals surface area contributed by atoms with Gasteiger partial charge in [0.2, 0.25) is 0 Å². The fourth-order valence-electron chi connectivity index (χ4n) is 3.07. The van der Waals surface area contributed by atoms with Crippen LogP contribution in [0.4, 0.5) is 13.2 Å². The Morgan fingerprint density at radius 3 is 2.41 bits per heavy atom. The van der Waals surface area contributed by atoms with E-state index in [1.165, 1.54) is 47.0 Å². The van der Waals surface area contributed by atoms with E-state index in [-0.39, 0.29) is 33.5 Å². The molecule has 0 unspecified atom stereocenters. The summed E-state index contributed by atoms with van der Waals surface area (Å²) in [4.78, 5) is 12.4. The minimum absolute atomic E-state index is 0.0288. The summed E-state index contributed by atoms with van der Waals surface area (Å²) in [7, 11) is -8.09. The number of aryl methyl sites for hydroxylation is 1. The topological polar surface area (TPSA) is 139 Å². The minimum Gasteiger partial charge on any atom is -0.376 e. The summed E-state index contributed by atoms with van der Waals surface area (Å²) in [6.07, 6.45) is 2.63. The molecular formula is C18H15F3N6O5S2. The smallest absolute Gasteiger partial charge is 0.376 e. The summed E-state index contributed by atoms with van der Waals surface area (Å²) < 4.78 is 93.0. The number of sulfone groups is 1. The van der Waals surface area contributed by atoms with Crippen LogP contribution in [0.15, 0.2) is 47.9 Å². The Hall–Kier alpha value is -3.53. The summed E-state index contributed by atoms with van der Waals surface area (Å²) in [6.45, 7) is 1.46. The zero-order valence-corrected chi connectivity index (χ0v) is 19.1. The Morgan fingerprint density at radius 2 is 1.79 bits per heavy atom. The third-order valence-corrected chi connectivity index (χ3v) is 7.50. The number of hydrogen-bond donors (Lipinski definition) is 0. The second-order valence-corrected chi connectivity index (χ2v) is 10.7. The molecule has 1 aromatic carbocycles. The Kier molecular flexibility index (Phi) is 5.59. The molecule has 0 radical (unpaired) electrons. The fourth-order valence-corrected chi connectivity index (χ4v) is 4.54. The lowest BCUT2D eigenvalue weighted by molar-refractivity contribution is -0.0500. The molecule has 11 nitrogen and oxygen atoms in total. The van der Waals surface area contributed by atoms with Gasteiger partial charge in [0.15, 0.2) is 21.5 Å². The lowest BCUT2D eigenvalue weighted by Gasteiger charge is -2.11. The first-order valence-electron chi connectivity index (χ1n) is 9.40. The van der Waals surface area contributed by atoms with Gasteiger partial charge in [0, 0.05) is 13.1 Å². The van der Waals surface area contributed by atoms with Gasteiger partial charge in [0.05, 0.1) is 21.7 Å². The first-order valence-corrected chi connectivity index (χ1v) is 12.5. The first kappa shape index (κ1) is 23.6. The third-order valence-electron chi connectivity index (χ3n) is 4.77. The van der Waals surface area contributed by atoms with Crippen LogP contribution >= 0.6 is 0 Å². The molecule has 0 aliphatic carbocycles. The van der Waals surface area contributed by atoms with Crippen LogP contribution in [0.25, 0.3) is 28.4 Å². The van der Waals surface area contributed by atoms with Crippen molar-refractivity contribution in [2.75, 3.05) is 5.75 Å². The molecule has 180 valence electrons. The van der Waals surface area contributed by atoms with Crippen molar-refractivity contribution in [2.45, 2.75) is 17.3 Å². The SMILES string of the molecule is CCS(=O)(=O)c1ccc(-n2cncn2)nc1-c1nc2cc(OS(=O)(=O)C(F)(F)F)ccc2n1C. The maximum absolute atomic E-state index is 12.7. The van der Waals surface area contributed by atoms with Crippen LogP contribution in [0.3, 0.4) is 0 Å². The molecule has 0 fully saturated rings. The van der Waals surface area contributed by atoms with E-state index in [2.05, 4.69) is 24.2 Å². The van der Waals surface area contributed by atoms with Gasteiger partial charge in [0.25, 0.3) is 0 Å². The third kappa shape index (κ3) is 4.09. The Bertz CT molecular complexity index is 1600. The summed E-state index contributed by atoms with van der Waals surface area (Å²) >= 11 is 0. The van der Waals surface area contributed by atoms with Gasteiger partial charge in [0.1, 0.15) is 24.1 Å². The van der Waals surface area contributed by atoms with Crippen LogP contribution in [0.2, 0.25) is 0 Å². The molecule has 3 aromatic heterocycles. The second-order valence-electron chi connectivity index (χ2n) is 6.89. The number of rotatable bonds is 6. The number of fused-ring (bicyclic) bond motifs is 1. The van der Waals surface area contributed by atoms with Gasteiger partial charge in [-0.25, -0.2) is 28.1 Å². The van der Waals surface area contributed by atoms with Crippen molar-refractivity contribution in [3.8, 4) is 23.1 Å². The molecule has 0 spiro atoms. The van der Waals surface area contributed by atoms with Crippen LogP contribution in [0, 0.1) is 0 Å². The molecular weight excluding hydrogens is 501 g/mol. The normalized spacial score (nSPS) is 12.9. The maximum Gasteiger partial charge on any atom is 0.534 e. The second kappa shape index (κ2) is 8.05. The standard InChI is InChI=1S/C18H15F3N6O5S2/c1-3-33(28,29)14-6-7-15(27-10-22-9-23-27)25-16(14)17-24-12-8-11(4-5-13(12)26(17)2)32-34(30,31)18(19,20)21/h4-10H,3H2,1-2H3. The molecule has 0 saturated heterocycles. The van der Waals surface area contributed by atoms with Crippen molar-refractivity contribution in [3.05, 3.63) is 43.0 Å². The number of alkyl halides is 3. The Balaban J connectivity index is 1.89. The monoisotopic (exact) mass is 516 g/mol. The molecule has 0 bridgehead atoms. The molecule has 34 heavy (non-hydrogen) atoms. The van der Waals surface area contributed by atoms with Gasteiger partial charge in [-0.1, -0.05) is 6.92 Å². The van der Waals surface area contributed by atoms with E-state index < -0.39 is 31.2 Å². The molecule has 0 N–H and O–H groups in total. The van der Waals surface area contributed by atoms with Crippen LogP contribution in [-0.2, 0) is 27.0 Å². The van der Waals surface area contributed by atoms with Crippen LogP contribution in [0.5, 0.6) is 5.75 Å². The number of imidazole rings is 1. The number of nitrogens with zero attached hydrogens (tertiary/aromatic N) is 6. The summed E-state index contributed by atoms with van der Waals surface area (Å²) in [5.74, 6) is -0.517. The Morgan fingerprint density at radius 1 is 1.06 bits per heavy atom. The zero-order valence-electron chi connectivity index (χ0n) is 17.4. The molecule has 0 atom stereocenters. The van der Waals surface area contributed by atoms with Crippen LogP contribution in [0.1, 0.15) is 6.92 Å². The van der Waals surface area contributed by atoms with Gasteiger partial charge >= 0.3 is 15.6 Å². The van der Waals surface area contributed by atoms with E-state index in [4.69, 9.17) is 0 Å². The summed E-state index contributed by atoms with van der Waals surface area (Å²) in [5, 5.41) is 3.97. The highest BCUT2D eigenvalue weighted by Gasteiger charge is 2.48. The number of aromatic nitrogens is 6. The highest BCUT2D eigenvalue weighted by molar-refractivity contribution is 7.91. The molecule has 0 amide bonds. The van der Waals surface area contributed by atoms with Gasteiger partial charge in [-0.2, -0.15) is 26.7 Å². The molecule has 0 aliphatic rings. The van der Waals surface area contributed by atoms with Crippen molar-refractivity contribution >= 4 is 31.0 Å². The predicted molar refractivity (Wildman–Crippen MR) is 112 cm³/mol. The van der Waals surface area contributed by atoms with E-state index in [0.29, 0.717) is 5.52 Å². The minimum atomic E-state index is -5.88. The van der Waals surface area contributed by atoms with E-state index in [0.717, 1.165) is 12.1 Å². The van der Waals surface area contributed by atoms with Crippen LogP contribution < -0.4 is 4.18 Å². The summed E-state index contributed by atoms with van der Waals surface area (Å²) in [6, 6.07) is 6.11. The molecule has 4 rings (SSSR count). The molecule has 0 aliphatic heterocycles. The van der Waals surface area contributed by atoms with Crippen molar-refractivity contribution in [1.82, 2.24) is 29.3 Å². The zero-order chi connectivity index (χ0) is 24.9. The van der Waals surface area contributed by atoms with Crippen molar-refractivity contribution < 1.29 is 34.2 Å². The fraction of sp³-hybridized carbons (Fsp3) is 0.222. The predicted octanol–water partition coefficient (Wildman–Crippen LogP) is 2.24. The van der Waals surface area contributed by atoms with Gasteiger partial charge < -0.3 is 8.75 Å². The van der Waals surface area contributed by atoms with Crippen molar-refractivity contribution in [2.24, 2.45) is 7.05 Å². The quantitative estimate of drug-likeness (QED) is 0.279. The molecule has 4 aromatic rings. The van der Waals surface area contributed by atoms with E-state index in [1.807, 2.05) is 0 Å². The van der Waals surface area contributed by atoms with Gasteiger partial charge in [-0.15, -0.1) is 0 Å². The first-order chi connectivity index (χ1) is 15.8. The van der Waals surface area contributed by atoms with Crippen LogP contribution in [-0.4, -0.2) is 57.4 Å². The lowest BCUT2D eigenvalue weighted by atomic mass is 10.3. The van der Waals surface area contributed by atoms with E-state index in [1.54, 1.807) is 7.05 Å². The lowest BCUT2D eigenvalue weighted by Crippen LogP contribution is -2.28. The molecule has 16 heteroatoms. The number of benzene rings is 1. The molecule has 0 saturated carbocycles. The van der Waals surface area contributed by atoms with Crippen molar-refractivity contribution in [3.63, 3.8) is 0 Å². The average molecular weight is 516 g/mol. The van der Waals surface area contributed by atoms with Gasteiger partial charge in [-0.05, 0) is 24.3 Å². The Labute approximate surface area is 190 Å². The maximum atomic E-state index is 12.7. The number of halogens is 3. The largest absolute Gasteiger partial charge is 0.534 e. The number of hydrogen-bond acceptors (Lipinski definition) is 9. The van der Waals surface area contributed by atoms with Gasteiger partial charge in [-0.3, -0.25) is 0 Å². The highest BCUT2D eigenvalue weighted by Crippen LogP contribution is 2.32. The summed E-state index contributed by atoms with van der Waals surface area (Å²) in [5.41, 5.74) is -5.22. The number of pyridine rings is 1. The van der Waals surface area contributed by atoms with Crippen molar-refractivity contribution in [1.29, 1.82) is 0 Å². The van der Waals surface area contributed by atoms with E-state index >= 15 is 0 Å². The highest BCUT2D eigenvalue weighted by atomic mass is 32.2. The average Bonchev–Trinajstić information content (AvgIpc) is 3.41. The van der Waals surface area contributed by atoms with E-state index in [9.17, 15) is 30.0 Å². The molecule has 3 heterocycles.